The highest BCUT2D eigenvalue weighted by molar-refractivity contribution is 7.10. The summed E-state index contributed by atoms with van der Waals surface area (Å²) in [7, 11) is 0. The predicted octanol–water partition coefficient (Wildman–Crippen LogP) is 5.04. The van der Waals surface area contributed by atoms with Crippen molar-refractivity contribution in [3.05, 3.63) is 81.5 Å². The van der Waals surface area contributed by atoms with Crippen LogP contribution < -0.4 is 5.32 Å². The number of nitrogens with one attached hydrogen (secondary N) is 1. The van der Waals surface area contributed by atoms with Gasteiger partial charge in [0.15, 0.2) is 0 Å². The molecule has 2 heterocycles. The highest BCUT2D eigenvalue weighted by Gasteiger charge is 2.52. The van der Waals surface area contributed by atoms with Gasteiger partial charge in [0.25, 0.3) is 0 Å². The first-order valence-electron chi connectivity index (χ1n) is 8.64. The first-order chi connectivity index (χ1) is 12.3. The molecule has 4 rings (SSSR count). The zero-order chi connectivity index (χ0) is 18.5. The van der Waals surface area contributed by atoms with E-state index in [2.05, 4.69) is 26.1 Å². The molecule has 0 bridgehead atoms. The van der Waals surface area contributed by atoms with E-state index >= 15 is 0 Å². The highest BCUT2D eigenvalue weighted by atomic mass is 32.1. The Morgan fingerprint density at radius 1 is 1.00 bits per heavy atom. The molecule has 3 nitrogen and oxygen atoms in total. The number of phenolic OH excluding ortho intramolecular Hbond substituents is 1. The molecule has 1 amide bonds. The number of anilines is 1. The number of rotatable bonds is 2. The lowest BCUT2D eigenvalue weighted by atomic mass is 9.72. The lowest BCUT2D eigenvalue weighted by Gasteiger charge is -2.30. The lowest BCUT2D eigenvalue weighted by molar-refractivity contribution is -0.118. The Bertz CT molecular complexity index is 986. The van der Waals surface area contributed by atoms with E-state index < -0.39 is 5.41 Å². The van der Waals surface area contributed by atoms with Crippen molar-refractivity contribution in [2.24, 2.45) is 0 Å². The molecule has 1 atom stereocenters. The molecule has 0 spiro atoms. The normalized spacial score (nSPS) is 19.3. The Labute approximate surface area is 157 Å². The van der Waals surface area contributed by atoms with Crippen LogP contribution >= 0.6 is 11.3 Å². The predicted molar refractivity (Wildman–Crippen MR) is 106 cm³/mol. The molecule has 3 aromatic rings. The van der Waals surface area contributed by atoms with Crippen LogP contribution in [0.2, 0.25) is 0 Å². The van der Waals surface area contributed by atoms with E-state index in [1.165, 1.54) is 11.3 Å². The molecule has 0 aliphatic carbocycles. The largest absolute Gasteiger partial charge is 0.508 e. The minimum Gasteiger partial charge on any atom is -0.508 e. The average Bonchev–Trinajstić information content (AvgIpc) is 3.20. The smallest absolute Gasteiger partial charge is 0.245 e. The van der Waals surface area contributed by atoms with Crippen molar-refractivity contribution < 1.29 is 9.90 Å². The number of hydrogen-bond acceptors (Lipinski definition) is 3. The van der Waals surface area contributed by atoms with Crippen LogP contribution in [0.25, 0.3) is 0 Å². The van der Waals surface area contributed by atoms with Gasteiger partial charge in [-0.3, -0.25) is 4.79 Å². The van der Waals surface area contributed by atoms with Crippen LogP contribution in [0.3, 0.4) is 0 Å². The highest BCUT2D eigenvalue weighted by Crippen LogP contribution is 2.51. The molecule has 1 unspecified atom stereocenters. The second-order valence-electron chi connectivity index (χ2n) is 7.71. The second kappa shape index (κ2) is 5.71. The van der Waals surface area contributed by atoms with Crippen molar-refractivity contribution in [3.8, 4) is 5.75 Å². The van der Waals surface area contributed by atoms with Crippen molar-refractivity contribution in [1.29, 1.82) is 0 Å². The van der Waals surface area contributed by atoms with Crippen molar-refractivity contribution >= 4 is 22.9 Å². The number of hydrogen-bond donors (Lipinski definition) is 2. The summed E-state index contributed by atoms with van der Waals surface area (Å²) in [5, 5.41) is 15.8. The zero-order valence-electron chi connectivity index (χ0n) is 15.0. The third-order valence-corrected chi connectivity index (χ3v) is 6.07. The van der Waals surface area contributed by atoms with Gasteiger partial charge in [0.2, 0.25) is 5.91 Å². The molecule has 0 saturated heterocycles. The van der Waals surface area contributed by atoms with E-state index in [0.29, 0.717) is 5.56 Å². The first kappa shape index (κ1) is 16.9. The number of fused-ring (bicyclic) bond motifs is 1. The van der Waals surface area contributed by atoms with E-state index in [-0.39, 0.29) is 17.1 Å². The van der Waals surface area contributed by atoms with E-state index in [0.717, 1.165) is 21.7 Å². The molecule has 4 heteroatoms. The van der Waals surface area contributed by atoms with Crippen molar-refractivity contribution in [1.82, 2.24) is 0 Å². The maximum atomic E-state index is 13.3. The molecule has 132 valence electrons. The van der Waals surface area contributed by atoms with Crippen molar-refractivity contribution in [2.75, 3.05) is 5.32 Å². The summed E-state index contributed by atoms with van der Waals surface area (Å²) in [6.07, 6.45) is 0. The number of amides is 1. The molecule has 26 heavy (non-hydrogen) atoms. The zero-order valence-corrected chi connectivity index (χ0v) is 15.9. The fourth-order valence-electron chi connectivity index (χ4n) is 3.70. The second-order valence-corrected chi connectivity index (χ2v) is 8.66. The number of thiophene rings is 1. The van der Waals surface area contributed by atoms with Crippen LogP contribution in [0.5, 0.6) is 5.75 Å². The molecule has 2 N–H and O–H groups in total. The topological polar surface area (TPSA) is 49.3 Å². The number of aromatic hydroxyl groups is 1. The van der Waals surface area contributed by atoms with E-state index in [9.17, 15) is 9.90 Å². The van der Waals surface area contributed by atoms with E-state index in [1.807, 2.05) is 53.9 Å². The third-order valence-electron chi connectivity index (χ3n) is 5.08. The lowest BCUT2D eigenvalue weighted by Crippen LogP contribution is -2.36. The Hall–Kier alpha value is -2.59. The average molecular weight is 363 g/mol. The summed E-state index contributed by atoms with van der Waals surface area (Å²) >= 11 is 1.53. The maximum Gasteiger partial charge on any atom is 0.245 e. The van der Waals surface area contributed by atoms with Gasteiger partial charge in [-0.2, -0.15) is 0 Å². The maximum absolute atomic E-state index is 13.3. The van der Waals surface area contributed by atoms with Gasteiger partial charge in [0, 0.05) is 21.7 Å². The number of carbonyl (C=O) groups is 1. The van der Waals surface area contributed by atoms with Crippen LogP contribution in [0.15, 0.2) is 60.0 Å². The van der Waals surface area contributed by atoms with E-state index in [4.69, 9.17) is 0 Å². The Morgan fingerprint density at radius 2 is 1.77 bits per heavy atom. The van der Waals surface area contributed by atoms with Gasteiger partial charge in [0.1, 0.15) is 11.2 Å². The number of para-hydroxylation sites is 1. The monoisotopic (exact) mass is 363 g/mol. The minimum atomic E-state index is -1.03. The van der Waals surface area contributed by atoms with Crippen LogP contribution in [0.1, 0.15) is 42.3 Å². The van der Waals surface area contributed by atoms with Gasteiger partial charge < -0.3 is 10.4 Å². The van der Waals surface area contributed by atoms with Crippen molar-refractivity contribution in [2.45, 2.75) is 31.6 Å². The van der Waals surface area contributed by atoms with E-state index in [1.54, 1.807) is 6.07 Å². The summed E-state index contributed by atoms with van der Waals surface area (Å²) in [6.45, 7) is 6.39. The molecule has 1 aliphatic rings. The van der Waals surface area contributed by atoms with Gasteiger partial charge in [-0.15, -0.1) is 11.3 Å². The quantitative estimate of drug-likeness (QED) is 0.670. The molecular weight excluding hydrogens is 342 g/mol. The Morgan fingerprint density at radius 3 is 2.46 bits per heavy atom. The summed E-state index contributed by atoms with van der Waals surface area (Å²) in [5.74, 6) is 0.0146. The van der Waals surface area contributed by atoms with Gasteiger partial charge in [-0.1, -0.05) is 51.1 Å². The number of phenols is 1. The van der Waals surface area contributed by atoms with Gasteiger partial charge >= 0.3 is 0 Å². The summed E-state index contributed by atoms with van der Waals surface area (Å²) in [4.78, 5) is 14.3. The van der Waals surface area contributed by atoms with Gasteiger partial charge in [-0.05, 0) is 40.6 Å². The SMILES string of the molecule is CC(C)(C)c1ccc(O)c(C2(c3cccs3)C(=O)Nc3ccccc32)c1. The molecule has 0 fully saturated rings. The summed E-state index contributed by atoms with van der Waals surface area (Å²) < 4.78 is 0. The third kappa shape index (κ3) is 2.29. The summed E-state index contributed by atoms with van der Waals surface area (Å²) in [6, 6.07) is 17.3. The van der Waals surface area contributed by atoms with Crippen LogP contribution in [0, 0.1) is 0 Å². The fourth-order valence-corrected chi connectivity index (χ4v) is 4.65. The first-order valence-corrected chi connectivity index (χ1v) is 9.52. The molecule has 0 saturated carbocycles. The summed E-state index contributed by atoms with van der Waals surface area (Å²) in [5.41, 5.74) is 2.28. The van der Waals surface area contributed by atoms with Crippen LogP contribution in [-0.2, 0) is 15.6 Å². The number of carbonyl (C=O) groups excluding carboxylic acids is 1. The standard InChI is InChI=1S/C22H21NO2S/c1-21(2,3)14-10-11-18(24)16(13-14)22(19-9-6-12-26-19)15-7-4-5-8-17(15)23-20(22)25/h4-13,24H,1-3H3,(H,23,25). The van der Waals surface area contributed by atoms with Crippen molar-refractivity contribution in [3.63, 3.8) is 0 Å². The molecule has 2 aromatic carbocycles. The Kier molecular flexibility index (Phi) is 3.70. The molecule has 1 aliphatic heterocycles. The molecular formula is C22H21NO2S. The van der Waals surface area contributed by atoms with Gasteiger partial charge in [-0.25, -0.2) is 0 Å². The van der Waals surface area contributed by atoms with Crippen LogP contribution in [-0.4, -0.2) is 11.0 Å². The fraction of sp³-hybridized carbons (Fsp3) is 0.227. The number of benzene rings is 2. The molecule has 1 aromatic heterocycles. The Balaban J connectivity index is 2.09. The van der Waals surface area contributed by atoms with Crippen LogP contribution in [0.4, 0.5) is 5.69 Å². The molecule has 0 radical (unpaired) electrons. The van der Waals surface area contributed by atoms with Gasteiger partial charge in [0.05, 0.1) is 0 Å². The minimum absolute atomic E-state index is 0.0896.